The Morgan fingerprint density at radius 1 is 1.16 bits per heavy atom. The molecule has 0 unspecified atom stereocenters. The van der Waals surface area contributed by atoms with E-state index >= 15 is 0 Å². The third-order valence-electron chi connectivity index (χ3n) is 4.08. The zero-order valence-electron chi connectivity index (χ0n) is 15.7. The second-order valence-corrected chi connectivity index (χ2v) is 8.12. The largest absolute Gasteiger partial charge is 0.496 e. The number of carbonyl (C=O) groups excluding carboxylic acids is 1. The first-order chi connectivity index (χ1) is 11.8. The van der Waals surface area contributed by atoms with Crippen LogP contribution in [0.4, 0.5) is 0 Å². The number of rotatable bonds is 6. The van der Waals surface area contributed by atoms with Gasteiger partial charge in [0, 0.05) is 17.0 Å². The van der Waals surface area contributed by atoms with E-state index in [4.69, 9.17) is 4.74 Å². The van der Waals surface area contributed by atoms with E-state index in [-0.39, 0.29) is 11.3 Å². The molecular formula is C21H27NO2S. The minimum Gasteiger partial charge on any atom is -0.496 e. The number of carbonyl (C=O) groups is 1. The Bertz CT molecular complexity index is 735. The summed E-state index contributed by atoms with van der Waals surface area (Å²) in [4.78, 5) is 13.4. The molecule has 25 heavy (non-hydrogen) atoms. The highest BCUT2D eigenvalue weighted by Crippen LogP contribution is 2.29. The molecule has 0 heterocycles. The molecule has 1 amide bonds. The summed E-state index contributed by atoms with van der Waals surface area (Å²) in [5.74, 6) is 1.23. The van der Waals surface area contributed by atoms with Crippen LogP contribution in [0.15, 0.2) is 47.4 Å². The molecule has 0 fully saturated rings. The minimum atomic E-state index is 0.0245. The smallest absolute Gasteiger partial charge is 0.230 e. The van der Waals surface area contributed by atoms with Crippen LogP contribution in [-0.2, 0) is 16.8 Å². The molecule has 0 spiro atoms. The first-order valence-corrected chi connectivity index (χ1v) is 9.42. The van der Waals surface area contributed by atoms with Gasteiger partial charge in [0.05, 0.1) is 12.9 Å². The Hall–Kier alpha value is -1.94. The molecule has 2 aromatic carbocycles. The van der Waals surface area contributed by atoms with Gasteiger partial charge in [-0.3, -0.25) is 4.79 Å². The molecule has 0 radical (unpaired) electrons. The molecular weight excluding hydrogens is 330 g/mol. The van der Waals surface area contributed by atoms with Crippen LogP contribution in [0.3, 0.4) is 0 Å². The number of hydrogen-bond donors (Lipinski definition) is 1. The summed E-state index contributed by atoms with van der Waals surface area (Å²) in [7, 11) is 1.64. The van der Waals surface area contributed by atoms with Crippen molar-refractivity contribution < 1.29 is 9.53 Å². The third-order valence-corrected chi connectivity index (χ3v) is 5.24. The number of benzene rings is 2. The van der Waals surface area contributed by atoms with Crippen molar-refractivity contribution in [3.63, 3.8) is 0 Å². The lowest BCUT2D eigenvalue weighted by molar-refractivity contribution is -0.118. The fraction of sp³-hybridized carbons (Fsp3) is 0.381. The van der Waals surface area contributed by atoms with E-state index in [1.807, 2.05) is 24.3 Å². The lowest BCUT2D eigenvalue weighted by Gasteiger charge is -2.20. The summed E-state index contributed by atoms with van der Waals surface area (Å²) >= 11 is 1.59. The van der Waals surface area contributed by atoms with E-state index in [0.29, 0.717) is 12.3 Å². The SMILES string of the molecule is COc1ccccc1CNC(=O)CSc1cc(C(C)(C)C)ccc1C. The van der Waals surface area contributed by atoms with Gasteiger partial charge in [0.25, 0.3) is 0 Å². The van der Waals surface area contributed by atoms with Crippen molar-refractivity contribution in [2.45, 2.75) is 44.6 Å². The molecule has 4 heteroatoms. The molecule has 2 aromatic rings. The molecule has 2 rings (SSSR count). The van der Waals surface area contributed by atoms with E-state index in [9.17, 15) is 4.79 Å². The Morgan fingerprint density at radius 2 is 1.88 bits per heavy atom. The van der Waals surface area contributed by atoms with Gasteiger partial charge in [-0.25, -0.2) is 0 Å². The lowest BCUT2D eigenvalue weighted by Crippen LogP contribution is -2.24. The second kappa shape index (κ2) is 8.43. The molecule has 3 nitrogen and oxygen atoms in total. The fourth-order valence-corrected chi connectivity index (χ4v) is 3.35. The molecule has 1 N–H and O–H groups in total. The summed E-state index contributed by atoms with van der Waals surface area (Å²) in [6.45, 7) is 9.16. The van der Waals surface area contributed by atoms with Crippen LogP contribution in [0, 0.1) is 6.92 Å². The Morgan fingerprint density at radius 3 is 2.56 bits per heavy atom. The van der Waals surface area contributed by atoms with Gasteiger partial charge in [-0.1, -0.05) is 51.1 Å². The van der Waals surface area contributed by atoms with Gasteiger partial charge in [0.2, 0.25) is 5.91 Å². The summed E-state index contributed by atoms with van der Waals surface area (Å²) < 4.78 is 5.31. The van der Waals surface area contributed by atoms with E-state index in [1.165, 1.54) is 16.0 Å². The van der Waals surface area contributed by atoms with Gasteiger partial charge in [-0.2, -0.15) is 0 Å². The van der Waals surface area contributed by atoms with Gasteiger partial charge in [-0.05, 0) is 35.6 Å². The van der Waals surface area contributed by atoms with Crippen molar-refractivity contribution in [2.75, 3.05) is 12.9 Å². The molecule has 0 bridgehead atoms. The highest BCUT2D eigenvalue weighted by molar-refractivity contribution is 8.00. The van der Waals surface area contributed by atoms with Crippen molar-refractivity contribution in [1.29, 1.82) is 0 Å². The third kappa shape index (κ3) is 5.53. The zero-order chi connectivity index (χ0) is 18.4. The Labute approximate surface area is 155 Å². The number of ether oxygens (including phenoxy) is 1. The maximum atomic E-state index is 12.2. The first kappa shape index (κ1) is 19.4. The molecule has 0 aliphatic heterocycles. The van der Waals surface area contributed by atoms with Crippen LogP contribution in [0.2, 0.25) is 0 Å². The van der Waals surface area contributed by atoms with Gasteiger partial charge in [-0.15, -0.1) is 11.8 Å². The van der Waals surface area contributed by atoms with E-state index in [1.54, 1.807) is 18.9 Å². The Balaban J connectivity index is 1.94. The molecule has 0 aromatic heterocycles. The normalized spacial score (nSPS) is 11.2. The van der Waals surface area contributed by atoms with Crippen molar-refractivity contribution in [3.05, 3.63) is 59.2 Å². The highest BCUT2D eigenvalue weighted by atomic mass is 32.2. The maximum absolute atomic E-state index is 12.2. The number of methoxy groups -OCH3 is 1. The van der Waals surface area contributed by atoms with Crippen LogP contribution < -0.4 is 10.1 Å². The van der Waals surface area contributed by atoms with Gasteiger partial charge in [0.15, 0.2) is 0 Å². The van der Waals surface area contributed by atoms with Crippen LogP contribution in [0.25, 0.3) is 0 Å². The lowest BCUT2D eigenvalue weighted by atomic mass is 9.87. The zero-order valence-corrected chi connectivity index (χ0v) is 16.5. The molecule has 0 atom stereocenters. The molecule has 134 valence electrons. The van der Waals surface area contributed by atoms with Crippen LogP contribution in [0.5, 0.6) is 5.75 Å². The van der Waals surface area contributed by atoms with Crippen LogP contribution >= 0.6 is 11.8 Å². The number of thioether (sulfide) groups is 1. The highest BCUT2D eigenvalue weighted by Gasteiger charge is 2.15. The summed E-state index contributed by atoms with van der Waals surface area (Å²) in [5.41, 5.74) is 3.58. The molecule has 0 aliphatic carbocycles. The summed E-state index contributed by atoms with van der Waals surface area (Å²) in [6, 6.07) is 14.2. The van der Waals surface area contributed by atoms with Crippen LogP contribution in [0.1, 0.15) is 37.5 Å². The maximum Gasteiger partial charge on any atom is 0.230 e. The number of hydrogen-bond acceptors (Lipinski definition) is 3. The fourth-order valence-electron chi connectivity index (χ4n) is 2.46. The average molecular weight is 358 g/mol. The minimum absolute atomic E-state index is 0.0245. The van der Waals surface area contributed by atoms with E-state index in [0.717, 1.165) is 11.3 Å². The average Bonchev–Trinajstić information content (AvgIpc) is 2.58. The van der Waals surface area contributed by atoms with Crippen molar-refractivity contribution in [2.24, 2.45) is 0 Å². The molecule has 0 saturated carbocycles. The van der Waals surface area contributed by atoms with Crippen LogP contribution in [-0.4, -0.2) is 18.8 Å². The predicted octanol–water partition coefficient (Wildman–Crippen LogP) is 4.71. The predicted molar refractivity (Wildman–Crippen MR) is 105 cm³/mol. The monoisotopic (exact) mass is 357 g/mol. The van der Waals surface area contributed by atoms with Crippen molar-refractivity contribution in [1.82, 2.24) is 5.32 Å². The van der Waals surface area contributed by atoms with Gasteiger partial charge < -0.3 is 10.1 Å². The Kier molecular flexibility index (Phi) is 6.54. The number of para-hydroxylation sites is 1. The molecule has 0 aliphatic rings. The van der Waals surface area contributed by atoms with Crippen molar-refractivity contribution in [3.8, 4) is 5.75 Å². The second-order valence-electron chi connectivity index (χ2n) is 7.11. The van der Waals surface area contributed by atoms with Crippen molar-refractivity contribution >= 4 is 17.7 Å². The molecule has 0 saturated heterocycles. The van der Waals surface area contributed by atoms with Gasteiger partial charge in [0.1, 0.15) is 5.75 Å². The number of nitrogens with one attached hydrogen (secondary N) is 1. The number of amides is 1. The standard InChI is InChI=1S/C21H27NO2S/c1-15-10-11-17(21(2,3)4)12-19(15)25-14-20(23)22-13-16-8-6-7-9-18(16)24-5/h6-12H,13-14H2,1-5H3,(H,22,23). The summed E-state index contributed by atoms with van der Waals surface area (Å²) in [5, 5.41) is 2.97. The van der Waals surface area contributed by atoms with E-state index in [2.05, 4.69) is 51.2 Å². The summed E-state index contributed by atoms with van der Waals surface area (Å²) in [6.07, 6.45) is 0. The van der Waals surface area contributed by atoms with E-state index < -0.39 is 0 Å². The number of aryl methyl sites for hydroxylation is 1. The first-order valence-electron chi connectivity index (χ1n) is 8.44. The topological polar surface area (TPSA) is 38.3 Å². The quantitative estimate of drug-likeness (QED) is 0.761. The van der Waals surface area contributed by atoms with Gasteiger partial charge >= 0.3 is 0 Å².